The molecule has 0 aromatic carbocycles. The van der Waals surface area contributed by atoms with Crippen LogP contribution >= 0.6 is 22.6 Å². The summed E-state index contributed by atoms with van der Waals surface area (Å²) in [6.07, 6.45) is 20.0. The van der Waals surface area contributed by atoms with Gasteiger partial charge in [-0.05, 0) is 6.42 Å². The van der Waals surface area contributed by atoms with E-state index in [0.717, 1.165) is 17.6 Å². The van der Waals surface area contributed by atoms with Gasteiger partial charge in [-0.3, -0.25) is 0 Å². The summed E-state index contributed by atoms with van der Waals surface area (Å²) in [7, 11) is 1.76. The highest BCUT2D eigenvalue weighted by atomic mass is 127. The van der Waals surface area contributed by atoms with E-state index in [-0.39, 0.29) is 6.10 Å². The maximum Gasteiger partial charge on any atom is 0.0893 e. The van der Waals surface area contributed by atoms with E-state index in [0.29, 0.717) is 0 Å². The Kier molecular flexibility index (Phi) is 21.3. The monoisotopic (exact) mass is 440 g/mol. The van der Waals surface area contributed by atoms with Crippen molar-refractivity contribution in [2.75, 3.05) is 24.8 Å². The van der Waals surface area contributed by atoms with E-state index in [1.54, 1.807) is 7.11 Å². The molecule has 0 radical (unpaired) electrons. The molecule has 0 aromatic heterocycles. The zero-order valence-electron chi connectivity index (χ0n) is 15.8. The summed E-state index contributed by atoms with van der Waals surface area (Å²) < 4.78 is 12.0. The van der Waals surface area contributed by atoms with Gasteiger partial charge in [0.15, 0.2) is 0 Å². The lowest BCUT2D eigenvalue weighted by molar-refractivity contribution is 0.0213. The van der Waals surface area contributed by atoms with Crippen LogP contribution in [0.1, 0.15) is 96.8 Å². The van der Waals surface area contributed by atoms with Crippen LogP contribution in [0.4, 0.5) is 0 Å². The molecule has 23 heavy (non-hydrogen) atoms. The molecule has 1 unspecified atom stereocenters. The number of rotatable bonds is 19. The average molecular weight is 440 g/mol. The molecular formula is C20H41IO2. The minimum Gasteiger partial charge on any atom is -0.379 e. The second-order valence-corrected chi connectivity index (χ2v) is 7.56. The zero-order chi connectivity index (χ0) is 17.0. The van der Waals surface area contributed by atoms with E-state index in [1.165, 1.54) is 89.9 Å². The number of ether oxygens (including phenoxy) is 2. The molecule has 1 atom stereocenters. The van der Waals surface area contributed by atoms with Crippen molar-refractivity contribution in [1.82, 2.24) is 0 Å². The summed E-state index contributed by atoms with van der Waals surface area (Å²) in [4.78, 5) is 0. The maximum absolute atomic E-state index is 5.65. The molecule has 0 aromatic rings. The summed E-state index contributed by atoms with van der Waals surface area (Å²) >= 11 is 2.35. The van der Waals surface area contributed by atoms with Gasteiger partial charge in [0.2, 0.25) is 0 Å². The van der Waals surface area contributed by atoms with Crippen LogP contribution in [-0.2, 0) is 9.47 Å². The molecule has 0 amide bonds. The van der Waals surface area contributed by atoms with Gasteiger partial charge in [-0.15, -0.1) is 0 Å². The molecule has 0 saturated carbocycles. The van der Waals surface area contributed by atoms with E-state index >= 15 is 0 Å². The third-order valence-corrected chi connectivity index (χ3v) is 5.43. The Balaban J connectivity index is 3.02. The molecule has 0 fully saturated rings. The normalized spacial score (nSPS) is 12.7. The van der Waals surface area contributed by atoms with Gasteiger partial charge in [0.05, 0.1) is 12.7 Å². The highest BCUT2D eigenvalue weighted by Gasteiger charge is 2.04. The lowest BCUT2D eigenvalue weighted by Crippen LogP contribution is -2.19. The Bertz CT molecular complexity index is 208. The molecule has 0 N–H and O–H groups in total. The Morgan fingerprint density at radius 3 is 1.52 bits per heavy atom. The number of alkyl halides is 1. The largest absolute Gasteiger partial charge is 0.379 e. The molecule has 2 nitrogen and oxygen atoms in total. The molecule has 0 saturated heterocycles. The molecule has 0 aliphatic carbocycles. The minimum absolute atomic E-state index is 0.266. The van der Waals surface area contributed by atoms with Crippen molar-refractivity contribution < 1.29 is 9.47 Å². The van der Waals surface area contributed by atoms with Crippen LogP contribution in [0.25, 0.3) is 0 Å². The van der Waals surface area contributed by atoms with Gasteiger partial charge in [0.1, 0.15) is 0 Å². The highest BCUT2D eigenvalue weighted by molar-refractivity contribution is 14.1. The van der Waals surface area contributed by atoms with E-state index in [2.05, 4.69) is 29.5 Å². The standard InChI is InChI=1S/C20H41IO2/c1-3-4-5-6-7-8-9-10-11-12-13-14-15-16-17-23-19-20(18-21)22-2/h20H,3-19H2,1-2H3. The third kappa shape index (κ3) is 18.8. The molecule has 0 aliphatic heterocycles. The van der Waals surface area contributed by atoms with Gasteiger partial charge in [-0.25, -0.2) is 0 Å². The Morgan fingerprint density at radius 2 is 1.13 bits per heavy atom. The number of methoxy groups -OCH3 is 1. The fourth-order valence-corrected chi connectivity index (χ4v) is 3.40. The topological polar surface area (TPSA) is 18.5 Å². The van der Waals surface area contributed by atoms with Gasteiger partial charge in [-0.2, -0.15) is 0 Å². The predicted octanol–water partition coefficient (Wildman–Crippen LogP) is 6.93. The first-order valence-corrected chi connectivity index (χ1v) is 11.5. The van der Waals surface area contributed by atoms with Gasteiger partial charge >= 0.3 is 0 Å². The first-order chi connectivity index (χ1) is 11.3. The molecule has 140 valence electrons. The number of hydrogen-bond acceptors (Lipinski definition) is 2. The van der Waals surface area contributed by atoms with Crippen molar-refractivity contribution in [3.63, 3.8) is 0 Å². The first kappa shape index (κ1) is 23.6. The second kappa shape index (κ2) is 20.7. The van der Waals surface area contributed by atoms with Crippen molar-refractivity contribution >= 4 is 22.6 Å². The van der Waals surface area contributed by atoms with Crippen LogP contribution in [0.5, 0.6) is 0 Å². The summed E-state index contributed by atoms with van der Waals surface area (Å²) in [5, 5.41) is 0. The van der Waals surface area contributed by atoms with Gasteiger partial charge < -0.3 is 9.47 Å². The number of halogens is 1. The molecule has 0 heterocycles. The quantitative estimate of drug-likeness (QED) is 0.123. The lowest BCUT2D eigenvalue weighted by atomic mass is 10.0. The Labute approximate surface area is 159 Å². The van der Waals surface area contributed by atoms with Crippen LogP contribution in [0.15, 0.2) is 0 Å². The molecule has 0 aliphatic rings. The van der Waals surface area contributed by atoms with Crippen molar-refractivity contribution in [3.8, 4) is 0 Å². The van der Waals surface area contributed by atoms with Gasteiger partial charge in [0, 0.05) is 18.1 Å². The van der Waals surface area contributed by atoms with Crippen LogP contribution < -0.4 is 0 Å². The summed E-state index contributed by atoms with van der Waals surface area (Å²) in [6, 6.07) is 0. The third-order valence-electron chi connectivity index (χ3n) is 4.45. The Hall–Kier alpha value is 0.650. The highest BCUT2D eigenvalue weighted by Crippen LogP contribution is 2.13. The molecular weight excluding hydrogens is 399 g/mol. The van der Waals surface area contributed by atoms with Crippen molar-refractivity contribution in [1.29, 1.82) is 0 Å². The molecule has 3 heteroatoms. The fourth-order valence-electron chi connectivity index (χ4n) is 2.79. The minimum atomic E-state index is 0.266. The summed E-state index contributed by atoms with van der Waals surface area (Å²) in [5.74, 6) is 0. The summed E-state index contributed by atoms with van der Waals surface area (Å²) in [6.45, 7) is 3.93. The lowest BCUT2D eigenvalue weighted by Gasteiger charge is -2.12. The number of hydrogen-bond donors (Lipinski definition) is 0. The van der Waals surface area contributed by atoms with Crippen LogP contribution in [0, 0.1) is 0 Å². The van der Waals surface area contributed by atoms with Crippen LogP contribution in [0.3, 0.4) is 0 Å². The zero-order valence-corrected chi connectivity index (χ0v) is 18.0. The van der Waals surface area contributed by atoms with Crippen LogP contribution in [0.2, 0.25) is 0 Å². The van der Waals surface area contributed by atoms with Crippen LogP contribution in [-0.4, -0.2) is 30.9 Å². The van der Waals surface area contributed by atoms with E-state index in [9.17, 15) is 0 Å². The fraction of sp³-hybridized carbons (Fsp3) is 1.00. The van der Waals surface area contributed by atoms with E-state index < -0.39 is 0 Å². The molecule has 0 bridgehead atoms. The van der Waals surface area contributed by atoms with Gasteiger partial charge in [-0.1, -0.05) is 113 Å². The predicted molar refractivity (Wildman–Crippen MR) is 111 cm³/mol. The van der Waals surface area contributed by atoms with E-state index in [1.807, 2.05) is 0 Å². The molecule has 0 spiro atoms. The second-order valence-electron chi connectivity index (χ2n) is 6.68. The van der Waals surface area contributed by atoms with Crippen molar-refractivity contribution in [2.45, 2.75) is 103 Å². The SMILES string of the molecule is CCCCCCCCCCCCCCCCOCC(CI)OC. The van der Waals surface area contributed by atoms with Crippen molar-refractivity contribution in [3.05, 3.63) is 0 Å². The molecule has 0 rings (SSSR count). The smallest absolute Gasteiger partial charge is 0.0893 e. The van der Waals surface area contributed by atoms with Crippen molar-refractivity contribution in [2.24, 2.45) is 0 Å². The Morgan fingerprint density at radius 1 is 0.696 bits per heavy atom. The first-order valence-electron chi connectivity index (χ1n) is 10.0. The van der Waals surface area contributed by atoms with Gasteiger partial charge in [0.25, 0.3) is 0 Å². The summed E-state index contributed by atoms with van der Waals surface area (Å²) in [5.41, 5.74) is 0. The number of unbranched alkanes of at least 4 members (excludes halogenated alkanes) is 13. The van der Waals surface area contributed by atoms with E-state index in [4.69, 9.17) is 9.47 Å². The maximum atomic E-state index is 5.65. The average Bonchev–Trinajstić information content (AvgIpc) is 2.58.